The Morgan fingerprint density at radius 1 is 1.00 bits per heavy atom. The molecular formula is C27H27Cl2F3N3O4S2+. The van der Waals surface area contributed by atoms with E-state index in [9.17, 15) is 31.6 Å². The summed E-state index contributed by atoms with van der Waals surface area (Å²) in [5, 5.41) is 12.8. The first-order valence-electron chi connectivity index (χ1n) is 12.5. The first kappa shape index (κ1) is 31.5. The van der Waals surface area contributed by atoms with Crippen molar-refractivity contribution in [1.29, 1.82) is 0 Å². The van der Waals surface area contributed by atoms with Crippen LogP contribution in [-0.4, -0.2) is 50.4 Å². The highest BCUT2D eigenvalue weighted by atomic mass is 35.5. The summed E-state index contributed by atoms with van der Waals surface area (Å²) in [7, 11) is -4.41. The maximum Gasteiger partial charge on any atom is 0.417 e. The van der Waals surface area contributed by atoms with Gasteiger partial charge in [-0.05, 0) is 54.1 Å². The number of carbonyl (C=O) groups excluding carboxylic acids is 1. The standard InChI is InChI=1S/C27H26Cl2F3N3O4S2/c28-20-7-10-25(24(15-20)34-41(38,39)21-8-9-23(29)22(16-21)27(30,31)32)40-17-18-3-5-19(6-4-18)26(36)33-11-14-35(37)12-1-2-13-35/h3-10,15-16,34,37H,1-2,11-14,17H2/p+1. The van der Waals surface area contributed by atoms with Crippen molar-refractivity contribution in [2.24, 2.45) is 0 Å². The Hall–Kier alpha value is -2.48. The van der Waals surface area contributed by atoms with Crippen molar-refractivity contribution >= 4 is 56.6 Å². The van der Waals surface area contributed by atoms with E-state index in [4.69, 9.17) is 23.2 Å². The highest BCUT2D eigenvalue weighted by Crippen LogP contribution is 2.37. The van der Waals surface area contributed by atoms with E-state index in [0.29, 0.717) is 48.5 Å². The summed E-state index contributed by atoms with van der Waals surface area (Å²) in [5.74, 6) is 0.155. The number of alkyl halides is 3. The summed E-state index contributed by atoms with van der Waals surface area (Å²) in [6, 6.07) is 13.8. The van der Waals surface area contributed by atoms with Gasteiger partial charge in [0, 0.05) is 34.1 Å². The average molecular weight is 650 g/mol. The van der Waals surface area contributed by atoms with Gasteiger partial charge in [-0.15, -0.1) is 11.8 Å². The molecule has 1 amide bonds. The smallest absolute Gasteiger partial charge is 0.346 e. The molecule has 3 N–H and O–H groups in total. The number of rotatable bonds is 10. The van der Waals surface area contributed by atoms with Crippen molar-refractivity contribution in [2.45, 2.75) is 34.6 Å². The van der Waals surface area contributed by atoms with Crippen molar-refractivity contribution < 1.29 is 36.2 Å². The molecule has 1 heterocycles. The highest BCUT2D eigenvalue weighted by Gasteiger charge is 2.35. The number of carbonyl (C=O) groups is 1. The lowest BCUT2D eigenvalue weighted by molar-refractivity contribution is -1.09. The number of amides is 1. The van der Waals surface area contributed by atoms with Crippen LogP contribution in [0.2, 0.25) is 10.0 Å². The number of benzene rings is 3. The third kappa shape index (κ3) is 8.30. The predicted molar refractivity (Wildman–Crippen MR) is 153 cm³/mol. The van der Waals surface area contributed by atoms with Crippen molar-refractivity contribution in [3.63, 3.8) is 0 Å². The van der Waals surface area contributed by atoms with Crippen LogP contribution in [0.5, 0.6) is 0 Å². The number of hydroxylamine groups is 3. The summed E-state index contributed by atoms with van der Waals surface area (Å²) < 4.78 is 68.1. The Bertz CT molecular complexity index is 1520. The number of likely N-dealkylation sites (tertiary alicyclic amines) is 1. The zero-order valence-electron chi connectivity index (χ0n) is 21.5. The Morgan fingerprint density at radius 2 is 1.68 bits per heavy atom. The average Bonchev–Trinajstić information content (AvgIpc) is 3.34. The van der Waals surface area contributed by atoms with E-state index in [-0.39, 0.29) is 21.3 Å². The third-order valence-electron chi connectivity index (χ3n) is 6.56. The normalized spacial score (nSPS) is 15.1. The number of anilines is 1. The van der Waals surface area contributed by atoms with Crippen molar-refractivity contribution in [1.82, 2.24) is 5.32 Å². The van der Waals surface area contributed by atoms with Crippen LogP contribution in [0.4, 0.5) is 18.9 Å². The quantitative estimate of drug-likeness (QED) is 0.165. The molecule has 14 heteroatoms. The molecular weight excluding hydrogens is 622 g/mol. The first-order chi connectivity index (χ1) is 19.3. The summed E-state index contributed by atoms with van der Waals surface area (Å²) in [6.45, 7) is 2.20. The largest absolute Gasteiger partial charge is 0.417 e. The molecule has 1 saturated heterocycles. The minimum absolute atomic E-state index is 0.0203. The zero-order valence-corrected chi connectivity index (χ0v) is 24.7. The summed E-state index contributed by atoms with van der Waals surface area (Å²) >= 11 is 13.0. The minimum atomic E-state index is -4.83. The molecule has 0 saturated carbocycles. The molecule has 220 valence electrons. The predicted octanol–water partition coefficient (Wildman–Crippen LogP) is 6.83. The van der Waals surface area contributed by atoms with Gasteiger partial charge < -0.3 is 5.32 Å². The molecule has 0 atom stereocenters. The number of nitrogens with one attached hydrogen (secondary N) is 2. The van der Waals surface area contributed by atoms with E-state index in [1.807, 2.05) is 0 Å². The SMILES string of the molecule is O=C(NCC[N+]1(O)CCCC1)c1ccc(CSc2ccc(Cl)cc2NS(=O)(=O)c2ccc(Cl)c(C(F)(F)F)c2)cc1. The zero-order chi connectivity index (χ0) is 29.8. The lowest BCUT2D eigenvalue weighted by Crippen LogP contribution is -2.46. The molecule has 3 aromatic rings. The Kier molecular flexibility index (Phi) is 9.82. The molecule has 0 unspecified atom stereocenters. The number of quaternary nitrogens is 1. The topological polar surface area (TPSA) is 95.5 Å². The van der Waals surface area contributed by atoms with Crippen LogP contribution < -0.4 is 10.0 Å². The van der Waals surface area contributed by atoms with E-state index in [1.54, 1.807) is 36.4 Å². The summed E-state index contributed by atoms with van der Waals surface area (Å²) in [6.07, 6.45) is -2.89. The fourth-order valence-corrected chi connectivity index (χ4v) is 6.84. The number of hydrogen-bond donors (Lipinski definition) is 3. The summed E-state index contributed by atoms with van der Waals surface area (Å²) in [5.41, 5.74) is 0.153. The van der Waals surface area contributed by atoms with Gasteiger partial charge in [-0.1, -0.05) is 35.3 Å². The van der Waals surface area contributed by atoms with Crippen molar-refractivity contribution in [3.05, 3.63) is 87.4 Å². The molecule has 0 radical (unpaired) electrons. The van der Waals surface area contributed by atoms with Crippen LogP contribution >= 0.6 is 35.0 Å². The molecule has 3 aromatic carbocycles. The number of sulfonamides is 1. The number of hydrogen-bond acceptors (Lipinski definition) is 5. The van der Waals surface area contributed by atoms with Gasteiger partial charge in [0.1, 0.15) is 19.6 Å². The lowest BCUT2D eigenvalue weighted by atomic mass is 10.1. The van der Waals surface area contributed by atoms with E-state index in [0.717, 1.165) is 30.5 Å². The maximum absolute atomic E-state index is 13.3. The van der Waals surface area contributed by atoms with Crippen LogP contribution in [0, 0.1) is 0 Å². The van der Waals surface area contributed by atoms with Crippen molar-refractivity contribution in [3.8, 4) is 0 Å². The Balaban J connectivity index is 1.41. The van der Waals surface area contributed by atoms with Gasteiger partial charge in [0.2, 0.25) is 0 Å². The van der Waals surface area contributed by atoms with E-state index in [1.165, 1.54) is 17.8 Å². The van der Waals surface area contributed by atoms with Gasteiger partial charge in [-0.3, -0.25) is 9.52 Å². The molecule has 0 aliphatic carbocycles. The molecule has 1 aliphatic rings. The van der Waals surface area contributed by atoms with Crippen molar-refractivity contribution in [2.75, 3.05) is 30.9 Å². The van der Waals surface area contributed by atoms with Gasteiger partial charge in [-0.25, -0.2) is 13.6 Å². The van der Waals surface area contributed by atoms with E-state index < -0.39 is 31.7 Å². The van der Waals surface area contributed by atoms with Gasteiger partial charge in [-0.2, -0.15) is 17.8 Å². The van der Waals surface area contributed by atoms with E-state index >= 15 is 0 Å². The lowest BCUT2D eigenvalue weighted by Gasteiger charge is -2.24. The molecule has 1 aliphatic heterocycles. The van der Waals surface area contributed by atoms with Crippen LogP contribution in [0.25, 0.3) is 0 Å². The van der Waals surface area contributed by atoms with Crippen LogP contribution in [-0.2, 0) is 22.0 Å². The molecule has 1 fully saturated rings. The highest BCUT2D eigenvalue weighted by molar-refractivity contribution is 7.98. The second-order valence-corrected chi connectivity index (χ2v) is 13.1. The molecule has 0 aromatic heterocycles. The third-order valence-corrected chi connectivity index (χ3v) is 9.63. The second kappa shape index (κ2) is 12.8. The Morgan fingerprint density at radius 3 is 2.34 bits per heavy atom. The molecule has 41 heavy (non-hydrogen) atoms. The second-order valence-electron chi connectivity index (χ2n) is 9.60. The maximum atomic E-state index is 13.3. The number of halogens is 5. The number of nitrogens with zero attached hydrogens (tertiary/aromatic N) is 1. The first-order valence-corrected chi connectivity index (χ1v) is 15.8. The van der Waals surface area contributed by atoms with Crippen LogP contribution in [0.3, 0.4) is 0 Å². The van der Waals surface area contributed by atoms with Gasteiger partial charge in [0.25, 0.3) is 15.9 Å². The summed E-state index contributed by atoms with van der Waals surface area (Å²) in [4.78, 5) is 12.4. The minimum Gasteiger partial charge on any atom is -0.346 e. The van der Waals surface area contributed by atoms with Gasteiger partial charge >= 0.3 is 6.18 Å². The monoisotopic (exact) mass is 648 g/mol. The van der Waals surface area contributed by atoms with Crippen LogP contribution in [0.1, 0.15) is 34.3 Å². The fraction of sp³-hybridized carbons (Fsp3) is 0.296. The molecule has 0 bridgehead atoms. The van der Waals surface area contributed by atoms with Gasteiger partial charge in [0.05, 0.1) is 27.7 Å². The van der Waals surface area contributed by atoms with Gasteiger partial charge in [0.15, 0.2) is 0 Å². The molecule has 0 spiro atoms. The molecule has 4 rings (SSSR count). The molecule has 7 nitrogen and oxygen atoms in total. The fourth-order valence-electron chi connectivity index (χ4n) is 4.34. The Labute approximate surface area is 250 Å². The van der Waals surface area contributed by atoms with E-state index in [2.05, 4.69) is 10.0 Å². The number of thioether (sulfide) groups is 1. The van der Waals surface area contributed by atoms with Crippen LogP contribution in [0.15, 0.2) is 70.5 Å².